The molecule has 1 aliphatic heterocycles. The Morgan fingerprint density at radius 1 is 1.00 bits per heavy atom. The summed E-state index contributed by atoms with van der Waals surface area (Å²) in [5.41, 5.74) is 2.72. The van der Waals surface area contributed by atoms with E-state index in [1.54, 1.807) is 19.1 Å². The lowest BCUT2D eigenvalue weighted by Crippen LogP contribution is -2.51. The van der Waals surface area contributed by atoms with Gasteiger partial charge in [-0.2, -0.15) is 0 Å². The number of hydrogen-bond acceptors (Lipinski definition) is 6. The molecule has 1 aliphatic rings. The zero-order valence-electron chi connectivity index (χ0n) is 17.4. The molecule has 0 bridgehead atoms. The Kier molecular flexibility index (Phi) is 6.78. The minimum absolute atomic E-state index is 0.152. The number of amides is 2. The maximum absolute atomic E-state index is 12.6. The third-order valence-electron chi connectivity index (χ3n) is 5.43. The Bertz CT molecular complexity index is 1070. The van der Waals surface area contributed by atoms with Crippen molar-refractivity contribution in [1.29, 1.82) is 0 Å². The molecule has 3 unspecified atom stereocenters. The summed E-state index contributed by atoms with van der Waals surface area (Å²) in [6.07, 6.45) is -2.08. The van der Waals surface area contributed by atoms with Crippen LogP contribution in [0.3, 0.4) is 0 Å². The number of hydrogen-bond donors (Lipinski definition) is 3. The number of fused-ring (bicyclic) bond motifs is 1. The van der Waals surface area contributed by atoms with E-state index in [0.717, 1.165) is 17.4 Å². The second-order valence-electron chi connectivity index (χ2n) is 7.74. The number of aliphatic hydroxyl groups is 2. The molecule has 3 rings (SSSR count). The predicted molar refractivity (Wildman–Crippen MR) is 114 cm³/mol. The first-order valence-electron chi connectivity index (χ1n) is 9.90. The maximum Gasteiger partial charge on any atom is 0.255 e. The summed E-state index contributed by atoms with van der Waals surface area (Å²) in [7, 11) is -3.33. The third kappa shape index (κ3) is 5.30. The van der Waals surface area contributed by atoms with Crippen LogP contribution in [0.25, 0.3) is 0 Å². The molecule has 1 heterocycles. The molecule has 166 valence electrons. The normalized spacial score (nSPS) is 16.7. The van der Waals surface area contributed by atoms with E-state index in [2.05, 4.69) is 5.32 Å². The first-order valence-corrected chi connectivity index (χ1v) is 11.8. The number of nitrogens with zero attached hydrogens (tertiary/aromatic N) is 1. The van der Waals surface area contributed by atoms with Crippen LogP contribution in [-0.4, -0.2) is 60.4 Å². The molecule has 0 fully saturated rings. The SMILES string of the molecule is CC(NC(=O)C(O)C(O)C(=O)N1CCc2ccccc2C1)c1ccc(S(C)(=O)=O)cc1. The average Bonchev–Trinajstić information content (AvgIpc) is 2.76. The molecule has 0 saturated carbocycles. The van der Waals surface area contributed by atoms with Crippen molar-refractivity contribution in [2.45, 2.75) is 43.0 Å². The first-order chi connectivity index (χ1) is 14.6. The standard InChI is InChI=1S/C22H26N2O6S/c1-14(15-7-9-18(10-8-15)31(2,29)30)23-21(27)19(25)20(26)22(28)24-12-11-16-5-3-4-6-17(16)13-24/h3-10,14,19-20,25-26H,11-13H2,1-2H3,(H,23,27). The summed E-state index contributed by atoms with van der Waals surface area (Å²) in [6.45, 7) is 2.35. The molecule has 2 aromatic carbocycles. The van der Waals surface area contributed by atoms with Gasteiger partial charge in [-0.15, -0.1) is 0 Å². The zero-order chi connectivity index (χ0) is 22.8. The second kappa shape index (κ2) is 9.17. The quantitative estimate of drug-likeness (QED) is 0.596. The van der Waals surface area contributed by atoms with Gasteiger partial charge in [0.15, 0.2) is 22.0 Å². The Morgan fingerprint density at radius 3 is 2.23 bits per heavy atom. The Balaban J connectivity index is 1.60. The van der Waals surface area contributed by atoms with E-state index in [1.165, 1.54) is 17.0 Å². The van der Waals surface area contributed by atoms with E-state index in [-0.39, 0.29) is 4.90 Å². The minimum Gasteiger partial charge on any atom is -0.380 e. The van der Waals surface area contributed by atoms with Crippen LogP contribution in [0.2, 0.25) is 0 Å². The Labute approximate surface area is 181 Å². The fourth-order valence-electron chi connectivity index (χ4n) is 3.54. The molecule has 3 atom stereocenters. The first kappa shape index (κ1) is 22.9. The average molecular weight is 447 g/mol. The van der Waals surface area contributed by atoms with E-state index in [9.17, 15) is 28.2 Å². The number of nitrogens with one attached hydrogen (secondary N) is 1. The molecular formula is C22H26N2O6S. The Morgan fingerprint density at radius 2 is 1.61 bits per heavy atom. The van der Waals surface area contributed by atoms with E-state index < -0.39 is 39.9 Å². The van der Waals surface area contributed by atoms with Crippen molar-refractivity contribution in [2.24, 2.45) is 0 Å². The van der Waals surface area contributed by atoms with Crippen molar-refractivity contribution in [3.8, 4) is 0 Å². The van der Waals surface area contributed by atoms with Crippen LogP contribution in [0, 0.1) is 0 Å². The second-order valence-corrected chi connectivity index (χ2v) is 9.76. The number of carbonyl (C=O) groups excluding carboxylic acids is 2. The molecular weight excluding hydrogens is 420 g/mol. The number of rotatable bonds is 6. The summed E-state index contributed by atoms with van der Waals surface area (Å²) in [4.78, 5) is 26.6. The van der Waals surface area contributed by atoms with Crippen molar-refractivity contribution in [2.75, 3.05) is 12.8 Å². The van der Waals surface area contributed by atoms with Gasteiger partial charge in [0.2, 0.25) is 0 Å². The maximum atomic E-state index is 12.6. The summed E-state index contributed by atoms with van der Waals surface area (Å²) in [5, 5.41) is 23.1. The fraction of sp³-hybridized carbons (Fsp3) is 0.364. The molecule has 0 saturated heterocycles. The molecule has 0 spiro atoms. The van der Waals surface area contributed by atoms with Gasteiger partial charge in [-0.05, 0) is 42.2 Å². The monoisotopic (exact) mass is 446 g/mol. The molecule has 0 aliphatic carbocycles. The van der Waals surface area contributed by atoms with Gasteiger partial charge in [-0.25, -0.2) is 8.42 Å². The van der Waals surface area contributed by atoms with Crippen LogP contribution in [0.1, 0.15) is 29.7 Å². The largest absolute Gasteiger partial charge is 0.380 e. The van der Waals surface area contributed by atoms with Gasteiger partial charge in [0.1, 0.15) is 0 Å². The van der Waals surface area contributed by atoms with E-state index in [4.69, 9.17) is 0 Å². The summed E-state index contributed by atoms with van der Waals surface area (Å²) < 4.78 is 23.1. The van der Waals surface area contributed by atoms with Crippen molar-refractivity contribution in [3.05, 3.63) is 65.2 Å². The fourth-order valence-corrected chi connectivity index (χ4v) is 4.17. The smallest absolute Gasteiger partial charge is 0.255 e. The van der Waals surface area contributed by atoms with Crippen molar-refractivity contribution >= 4 is 21.7 Å². The molecule has 3 N–H and O–H groups in total. The van der Waals surface area contributed by atoms with Gasteiger partial charge in [0, 0.05) is 19.3 Å². The molecule has 9 heteroatoms. The summed E-state index contributed by atoms with van der Waals surface area (Å²) in [6, 6.07) is 13.1. The highest BCUT2D eigenvalue weighted by molar-refractivity contribution is 7.90. The van der Waals surface area contributed by atoms with Crippen molar-refractivity contribution in [1.82, 2.24) is 10.2 Å². The van der Waals surface area contributed by atoms with Crippen LogP contribution in [0.15, 0.2) is 53.4 Å². The number of sulfone groups is 1. The van der Waals surface area contributed by atoms with Crippen LogP contribution < -0.4 is 5.32 Å². The van der Waals surface area contributed by atoms with Gasteiger partial charge >= 0.3 is 0 Å². The molecule has 2 aromatic rings. The molecule has 31 heavy (non-hydrogen) atoms. The van der Waals surface area contributed by atoms with E-state index in [1.807, 2.05) is 24.3 Å². The molecule has 0 radical (unpaired) electrons. The van der Waals surface area contributed by atoms with Gasteiger partial charge in [-0.1, -0.05) is 36.4 Å². The highest BCUT2D eigenvalue weighted by Crippen LogP contribution is 2.20. The number of aliphatic hydroxyl groups excluding tert-OH is 2. The van der Waals surface area contributed by atoms with Crippen LogP contribution in [0.4, 0.5) is 0 Å². The van der Waals surface area contributed by atoms with E-state index in [0.29, 0.717) is 25.1 Å². The molecule has 0 aromatic heterocycles. The topological polar surface area (TPSA) is 124 Å². The highest BCUT2D eigenvalue weighted by Gasteiger charge is 2.35. The lowest BCUT2D eigenvalue weighted by molar-refractivity contribution is -0.154. The Hall–Kier alpha value is -2.75. The predicted octanol–water partition coefficient (Wildman–Crippen LogP) is 0.574. The zero-order valence-corrected chi connectivity index (χ0v) is 18.2. The molecule has 2 amide bonds. The van der Waals surface area contributed by atoms with E-state index >= 15 is 0 Å². The summed E-state index contributed by atoms with van der Waals surface area (Å²) in [5.74, 6) is -1.60. The highest BCUT2D eigenvalue weighted by atomic mass is 32.2. The van der Waals surface area contributed by atoms with Gasteiger partial charge in [0.25, 0.3) is 11.8 Å². The molecule has 8 nitrogen and oxygen atoms in total. The number of benzene rings is 2. The van der Waals surface area contributed by atoms with Crippen LogP contribution in [-0.2, 0) is 32.4 Å². The lowest BCUT2D eigenvalue weighted by atomic mass is 9.99. The van der Waals surface area contributed by atoms with Gasteiger partial charge in [0.05, 0.1) is 10.9 Å². The minimum atomic E-state index is -3.33. The van der Waals surface area contributed by atoms with Gasteiger partial charge < -0.3 is 20.4 Å². The van der Waals surface area contributed by atoms with Crippen LogP contribution >= 0.6 is 0 Å². The van der Waals surface area contributed by atoms with Gasteiger partial charge in [-0.3, -0.25) is 9.59 Å². The van der Waals surface area contributed by atoms with Crippen LogP contribution in [0.5, 0.6) is 0 Å². The van der Waals surface area contributed by atoms with Crippen molar-refractivity contribution < 1.29 is 28.2 Å². The lowest BCUT2D eigenvalue weighted by Gasteiger charge is -2.31. The summed E-state index contributed by atoms with van der Waals surface area (Å²) >= 11 is 0. The van der Waals surface area contributed by atoms with Crippen molar-refractivity contribution in [3.63, 3.8) is 0 Å². The number of carbonyl (C=O) groups is 2. The third-order valence-corrected chi connectivity index (χ3v) is 6.56.